The van der Waals surface area contributed by atoms with E-state index in [0.717, 1.165) is 11.4 Å². The molecular formula is C10H15N3. The van der Waals surface area contributed by atoms with Gasteiger partial charge in [0.15, 0.2) is 0 Å². The average molecular weight is 177 g/mol. The summed E-state index contributed by atoms with van der Waals surface area (Å²) < 4.78 is 1.77. The van der Waals surface area contributed by atoms with Gasteiger partial charge in [-0.25, -0.2) is 0 Å². The Labute approximate surface area is 79.0 Å². The van der Waals surface area contributed by atoms with E-state index in [2.05, 4.69) is 31.9 Å². The number of nitrogens with zero attached hydrogens (tertiary/aromatic N) is 3. The summed E-state index contributed by atoms with van der Waals surface area (Å²) in [6.45, 7) is 8.65. The fourth-order valence-electron chi connectivity index (χ4n) is 1.34. The maximum absolute atomic E-state index is 8.61. The highest BCUT2D eigenvalue weighted by Crippen LogP contribution is 2.22. The molecular weight excluding hydrogens is 162 g/mol. The first kappa shape index (κ1) is 9.79. The Kier molecular flexibility index (Phi) is 2.42. The molecule has 0 amide bonds. The van der Waals surface area contributed by atoms with Crippen LogP contribution in [-0.4, -0.2) is 9.78 Å². The molecule has 1 heterocycles. The van der Waals surface area contributed by atoms with Gasteiger partial charge >= 0.3 is 0 Å². The third-order valence-electron chi connectivity index (χ3n) is 1.89. The highest BCUT2D eigenvalue weighted by molar-refractivity contribution is 5.17. The van der Waals surface area contributed by atoms with E-state index in [-0.39, 0.29) is 5.41 Å². The summed E-state index contributed by atoms with van der Waals surface area (Å²) >= 11 is 0. The number of aromatic nitrogens is 2. The van der Waals surface area contributed by atoms with Crippen molar-refractivity contribution in [2.24, 2.45) is 0 Å². The number of hydrogen-bond acceptors (Lipinski definition) is 2. The lowest BCUT2D eigenvalue weighted by Crippen LogP contribution is -2.18. The Hall–Kier alpha value is -1.30. The average Bonchev–Trinajstić information content (AvgIpc) is 2.30. The monoisotopic (exact) mass is 177 g/mol. The van der Waals surface area contributed by atoms with Crippen LogP contribution in [0.1, 0.15) is 32.2 Å². The van der Waals surface area contributed by atoms with E-state index in [4.69, 9.17) is 5.26 Å². The Morgan fingerprint density at radius 2 is 2.15 bits per heavy atom. The molecule has 0 N–H and O–H groups in total. The lowest BCUT2D eigenvalue weighted by Gasteiger charge is -2.18. The molecule has 1 aromatic rings. The fourth-order valence-corrected chi connectivity index (χ4v) is 1.34. The van der Waals surface area contributed by atoms with E-state index in [1.807, 2.05) is 13.0 Å². The Balaban J connectivity index is 3.13. The third-order valence-corrected chi connectivity index (χ3v) is 1.89. The molecule has 1 rings (SSSR count). The van der Waals surface area contributed by atoms with Crippen molar-refractivity contribution in [1.29, 1.82) is 5.26 Å². The van der Waals surface area contributed by atoms with Crippen molar-refractivity contribution in [3.05, 3.63) is 17.5 Å². The topological polar surface area (TPSA) is 41.6 Å². The summed E-state index contributed by atoms with van der Waals surface area (Å²) in [6, 6.07) is 4.15. The van der Waals surface area contributed by atoms with Crippen LogP contribution in [0, 0.1) is 18.3 Å². The van der Waals surface area contributed by atoms with Crippen molar-refractivity contribution < 1.29 is 0 Å². The molecule has 0 aromatic carbocycles. The largest absolute Gasteiger partial charge is 0.255 e. The second-order valence-electron chi connectivity index (χ2n) is 4.24. The summed E-state index contributed by atoms with van der Waals surface area (Å²) in [5.74, 6) is 0. The van der Waals surface area contributed by atoms with Crippen LogP contribution in [0.3, 0.4) is 0 Å². The molecule has 0 atom stereocenters. The maximum Gasteiger partial charge on any atom is 0.128 e. The first-order valence-corrected chi connectivity index (χ1v) is 4.37. The predicted octanol–water partition coefficient (Wildman–Crippen LogP) is 2.01. The van der Waals surface area contributed by atoms with Crippen LogP contribution in [0.2, 0.25) is 0 Å². The van der Waals surface area contributed by atoms with Crippen LogP contribution in [0.5, 0.6) is 0 Å². The quantitative estimate of drug-likeness (QED) is 0.658. The summed E-state index contributed by atoms with van der Waals surface area (Å²) in [5, 5.41) is 12.9. The van der Waals surface area contributed by atoms with E-state index >= 15 is 0 Å². The summed E-state index contributed by atoms with van der Waals surface area (Å²) in [6.07, 6.45) is 0. The molecule has 3 nitrogen and oxygen atoms in total. The van der Waals surface area contributed by atoms with Crippen molar-refractivity contribution in [3.8, 4) is 6.07 Å². The van der Waals surface area contributed by atoms with Gasteiger partial charge in [-0.3, -0.25) is 4.68 Å². The molecule has 0 aliphatic rings. The number of rotatable bonds is 1. The van der Waals surface area contributed by atoms with E-state index in [0.29, 0.717) is 6.54 Å². The normalized spacial score (nSPS) is 11.3. The van der Waals surface area contributed by atoms with Crippen molar-refractivity contribution in [2.45, 2.75) is 39.7 Å². The zero-order chi connectivity index (χ0) is 10.1. The van der Waals surface area contributed by atoms with Gasteiger partial charge in [0.1, 0.15) is 6.54 Å². The van der Waals surface area contributed by atoms with Crippen LogP contribution in [0.4, 0.5) is 0 Å². The van der Waals surface area contributed by atoms with E-state index < -0.39 is 0 Å². The zero-order valence-electron chi connectivity index (χ0n) is 8.63. The molecule has 0 unspecified atom stereocenters. The molecule has 0 spiro atoms. The molecule has 0 saturated heterocycles. The molecule has 0 aliphatic carbocycles. The summed E-state index contributed by atoms with van der Waals surface area (Å²) in [7, 11) is 0. The highest BCUT2D eigenvalue weighted by Gasteiger charge is 2.19. The van der Waals surface area contributed by atoms with Crippen molar-refractivity contribution >= 4 is 0 Å². The molecule has 70 valence electrons. The van der Waals surface area contributed by atoms with E-state index in [1.54, 1.807) is 4.68 Å². The second kappa shape index (κ2) is 3.21. The Morgan fingerprint density at radius 1 is 1.54 bits per heavy atom. The summed E-state index contributed by atoms with van der Waals surface area (Å²) in [5.41, 5.74) is 2.14. The Morgan fingerprint density at radius 3 is 2.62 bits per heavy atom. The fraction of sp³-hybridized carbons (Fsp3) is 0.600. The molecule has 0 fully saturated rings. The molecule has 1 aromatic heterocycles. The standard InChI is InChI=1S/C10H15N3/c1-8-7-9(10(2,3)4)13(12-8)6-5-11/h7H,6H2,1-4H3. The van der Waals surface area contributed by atoms with Crippen molar-refractivity contribution in [3.63, 3.8) is 0 Å². The molecule has 13 heavy (non-hydrogen) atoms. The van der Waals surface area contributed by atoms with Gasteiger partial charge in [-0.05, 0) is 13.0 Å². The van der Waals surface area contributed by atoms with Crippen molar-refractivity contribution in [1.82, 2.24) is 9.78 Å². The molecule has 0 bridgehead atoms. The predicted molar refractivity (Wildman–Crippen MR) is 51.3 cm³/mol. The highest BCUT2D eigenvalue weighted by atomic mass is 15.3. The minimum atomic E-state index is 0.0537. The van der Waals surface area contributed by atoms with Gasteiger partial charge in [0.2, 0.25) is 0 Å². The van der Waals surface area contributed by atoms with Crippen LogP contribution in [0.15, 0.2) is 6.07 Å². The third kappa shape index (κ3) is 2.09. The van der Waals surface area contributed by atoms with Crippen molar-refractivity contribution in [2.75, 3.05) is 0 Å². The van der Waals surface area contributed by atoms with E-state index in [1.165, 1.54) is 0 Å². The lowest BCUT2D eigenvalue weighted by atomic mass is 9.92. The smallest absolute Gasteiger partial charge is 0.128 e. The van der Waals surface area contributed by atoms with E-state index in [9.17, 15) is 0 Å². The Bertz CT molecular complexity index is 336. The van der Waals surface area contributed by atoms with Gasteiger partial charge in [-0.1, -0.05) is 20.8 Å². The second-order valence-corrected chi connectivity index (χ2v) is 4.24. The van der Waals surface area contributed by atoms with Gasteiger partial charge in [0.05, 0.1) is 11.8 Å². The van der Waals surface area contributed by atoms with Crippen LogP contribution in [-0.2, 0) is 12.0 Å². The van der Waals surface area contributed by atoms with Gasteiger partial charge in [-0.2, -0.15) is 10.4 Å². The SMILES string of the molecule is Cc1cc(C(C)(C)C)n(CC#N)n1. The molecule has 0 radical (unpaired) electrons. The lowest BCUT2D eigenvalue weighted by molar-refractivity contribution is 0.510. The van der Waals surface area contributed by atoms with Gasteiger partial charge in [-0.15, -0.1) is 0 Å². The van der Waals surface area contributed by atoms with Gasteiger partial charge in [0.25, 0.3) is 0 Å². The first-order chi connectivity index (χ1) is 5.95. The molecule has 0 saturated carbocycles. The number of hydrogen-bond donors (Lipinski definition) is 0. The maximum atomic E-state index is 8.61. The van der Waals surface area contributed by atoms with Crippen LogP contribution in [0.25, 0.3) is 0 Å². The zero-order valence-corrected chi connectivity index (χ0v) is 8.63. The minimum absolute atomic E-state index is 0.0537. The van der Waals surface area contributed by atoms with Crippen LogP contribution < -0.4 is 0 Å². The van der Waals surface area contributed by atoms with Crippen LogP contribution >= 0.6 is 0 Å². The molecule has 0 aliphatic heterocycles. The number of nitriles is 1. The van der Waals surface area contributed by atoms with Gasteiger partial charge < -0.3 is 0 Å². The summed E-state index contributed by atoms with van der Waals surface area (Å²) in [4.78, 5) is 0. The minimum Gasteiger partial charge on any atom is -0.255 e. The van der Waals surface area contributed by atoms with Gasteiger partial charge in [0, 0.05) is 11.1 Å². The number of aryl methyl sites for hydroxylation is 1. The first-order valence-electron chi connectivity index (χ1n) is 4.37. The molecule has 3 heteroatoms.